The number of rotatable bonds is 8. The van der Waals surface area contributed by atoms with Crippen LogP contribution in [0.4, 0.5) is 0 Å². The number of carbonyl (C=O) groups excluding carboxylic acids is 2. The summed E-state index contributed by atoms with van der Waals surface area (Å²) in [5, 5.41) is 0. The third-order valence-corrected chi connectivity index (χ3v) is 4.40. The summed E-state index contributed by atoms with van der Waals surface area (Å²) < 4.78 is 39.6. The van der Waals surface area contributed by atoms with Gasteiger partial charge in [0.05, 0.1) is 6.42 Å². The molecule has 22 heavy (non-hydrogen) atoms. The standard InChI is InChI=1S/C14H22O7S/c1-3-14(6-4-5-7-14)21-13(16)11(2)10-12(15)20-8-9-22(17,18)19/h2-10H2,1H3,(H,17,18,19). The van der Waals surface area contributed by atoms with Crippen molar-refractivity contribution in [2.75, 3.05) is 12.4 Å². The van der Waals surface area contributed by atoms with Gasteiger partial charge in [-0.05, 0) is 32.1 Å². The van der Waals surface area contributed by atoms with Gasteiger partial charge in [0.2, 0.25) is 0 Å². The van der Waals surface area contributed by atoms with Gasteiger partial charge in [-0.3, -0.25) is 9.35 Å². The van der Waals surface area contributed by atoms with E-state index in [1.807, 2.05) is 6.92 Å². The number of carbonyl (C=O) groups is 2. The minimum Gasteiger partial charge on any atom is -0.464 e. The number of ether oxygens (including phenoxy) is 2. The second-order valence-electron chi connectivity index (χ2n) is 5.42. The molecule has 7 nitrogen and oxygen atoms in total. The minimum atomic E-state index is -4.18. The van der Waals surface area contributed by atoms with Crippen LogP contribution in [0.3, 0.4) is 0 Å². The summed E-state index contributed by atoms with van der Waals surface area (Å²) in [7, 11) is -4.18. The van der Waals surface area contributed by atoms with Crippen molar-refractivity contribution in [2.24, 2.45) is 0 Å². The topological polar surface area (TPSA) is 107 Å². The third kappa shape index (κ3) is 6.15. The molecular weight excluding hydrogens is 312 g/mol. The lowest BCUT2D eigenvalue weighted by Crippen LogP contribution is -2.32. The summed E-state index contributed by atoms with van der Waals surface area (Å²) in [4.78, 5) is 23.4. The summed E-state index contributed by atoms with van der Waals surface area (Å²) >= 11 is 0. The molecule has 0 aromatic heterocycles. The van der Waals surface area contributed by atoms with E-state index in [2.05, 4.69) is 11.3 Å². The second kappa shape index (κ2) is 7.73. The molecule has 0 aromatic carbocycles. The van der Waals surface area contributed by atoms with Gasteiger partial charge in [-0.2, -0.15) is 8.42 Å². The highest BCUT2D eigenvalue weighted by Crippen LogP contribution is 2.36. The SMILES string of the molecule is C=C(CC(=O)OCCS(=O)(=O)O)C(=O)OC1(CC)CCCC1. The van der Waals surface area contributed by atoms with Crippen molar-refractivity contribution in [1.82, 2.24) is 0 Å². The van der Waals surface area contributed by atoms with Crippen LogP contribution in [0.25, 0.3) is 0 Å². The van der Waals surface area contributed by atoms with Crippen LogP contribution in [0.1, 0.15) is 45.4 Å². The van der Waals surface area contributed by atoms with E-state index in [1.54, 1.807) is 0 Å². The van der Waals surface area contributed by atoms with E-state index in [0.29, 0.717) is 6.42 Å². The van der Waals surface area contributed by atoms with Crippen LogP contribution in [0.2, 0.25) is 0 Å². The van der Waals surface area contributed by atoms with Gasteiger partial charge in [-0.15, -0.1) is 0 Å². The Morgan fingerprint density at radius 3 is 2.36 bits per heavy atom. The lowest BCUT2D eigenvalue weighted by Gasteiger charge is -2.27. The van der Waals surface area contributed by atoms with Crippen molar-refractivity contribution < 1.29 is 32.0 Å². The zero-order chi connectivity index (χ0) is 16.8. The van der Waals surface area contributed by atoms with Crippen LogP contribution in [-0.4, -0.2) is 42.9 Å². The molecule has 0 heterocycles. The predicted molar refractivity (Wildman–Crippen MR) is 78.7 cm³/mol. The van der Waals surface area contributed by atoms with Crippen LogP contribution in [0.15, 0.2) is 12.2 Å². The molecule has 1 aliphatic rings. The van der Waals surface area contributed by atoms with Gasteiger partial charge in [0.1, 0.15) is 18.0 Å². The second-order valence-corrected chi connectivity index (χ2v) is 6.99. The maximum Gasteiger partial charge on any atom is 0.334 e. The van der Waals surface area contributed by atoms with E-state index in [-0.39, 0.29) is 12.0 Å². The molecule has 1 N–H and O–H groups in total. The summed E-state index contributed by atoms with van der Waals surface area (Å²) in [5.74, 6) is -2.10. The Labute approximate surface area is 130 Å². The molecule has 0 radical (unpaired) electrons. The van der Waals surface area contributed by atoms with Crippen molar-refractivity contribution in [1.29, 1.82) is 0 Å². The van der Waals surface area contributed by atoms with Crippen molar-refractivity contribution in [3.05, 3.63) is 12.2 Å². The van der Waals surface area contributed by atoms with Crippen LogP contribution < -0.4 is 0 Å². The van der Waals surface area contributed by atoms with Gasteiger partial charge in [-0.1, -0.05) is 13.5 Å². The number of hydrogen-bond donors (Lipinski definition) is 1. The zero-order valence-electron chi connectivity index (χ0n) is 12.7. The van der Waals surface area contributed by atoms with Gasteiger partial charge < -0.3 is 9.47 Å². The molecule has 0 saturated heterocycles. The Morgan fingerprint density at radius 2 is 1.86 bits per heavy atom. The first-order valence-corrected chi connectivity index (χ1v) is 8.80. The third-order valence-electron chi connectivity index (χ3n) is 3.72. The van der Waals surface area contributed by atoms with Crippen molar-refractivity contribution in [3.8, 4) is 0 Å². The predicted octanol–water partition coefficient (Wildman–Crippen LogP) is 1.63. The molecule has 0 aromatic rings. The van der Waals surface area contributed by atoms with Crippen molar-refractivity contribution >= 4 is 22.1 Å². The Kier molecular flexibility index (Phi) is 6.55. The van der Waals surface area contributed by atoms with Gasteiger partial charge in [0, 0.05) is 5.57 Å². The van der Waals surface area contributed by atoms with Gasteiger partial charge >= 0.3 is 11.9 Å². The Balaban J connectivity index is 2.40. The van der Waals surface area contributed by atoms with Gasteiger partial charge in [0.15, 0.2) is 0 Å². The summed E-state index contributed by atoms with van der Waals surface area (Å²) in [6, 6.07) is 0. The number of esters is 2. The van der Waals surface area contributed by atoms with Crippen molar-refractivity contribution in [2.45, 2.75) is 51.0 Å². The molecule has 1 rings (SSSR count). The Morgan fingerprint density at radius 1 is 1.27 bits per heavy atom. The molecule has 0 atom stereocenters. The zero-order valence-corrected chi connectivity index (χ0v) is 13.5. The molecule has 1 saturated carbocycles. The smallest absolute Gasteiger partial charge is 0.334 e. The Hall–Kier alpha value is -1.41. The highest BCUT2D eigenvalue weighted by atomic mass is 32.2. The average molecular weight is 334 g/mol. The molecule has 1 fully saturated rings. The van der Waals surface area contributed by atoms with E-state index >= 15 is 0 Å². The molecule has 0 unspecified atom stereocenters. The maximum absolute atomic E-state index is 12.0. The average Bonchev–Trinajstić information content (AvgIpc) is 2.86. The first kappa shape index (κ1) is 18.6. The van der Waals surface area contributed by atoms with Crippen LogP contribution in [0, 0.1) is 0 Å². The lowest BCUT2D eigenvalue weighted by atomic mass is 9.98. The van der Waals surface area contributed by atoms with E-state index in [4.69, 9.17) is 9.29 Å². The molecule has 0 bridgehead atoms. The summed E-state index contributed by atoms with van der Waals surface area (Å²) in [6.45, 7) is 4.99. The monoisotopic (exact) mass is 334 g/mol. The molecule has 1 aliphatic carbocycles. The fourth-order valence-corrected chi connectivity index (χ4v) is 2.67. The van der Waals surface area contributed by atoms with E-state index < -0.39 is 40.0 Å². The molecule has 0 spiro atoms. The highest BCUT2D eigenvalue weighted by molar-refractivity contribution is 7.85. The molecular formula is C14H22O7S. The fourth-order valence-electron chi connectivity index (χ4n) is 2.37. The normalized spacial score (nSPS) is 17.0. The van der Waals surface area contributed by atoms with E-state index in [0.717, 1.165) is 25.7 Å². The fraction of sp³-hybridized carbons (Fsp3) is 0.714. The lowest BCUT2D eigenvalue weighted by molar-refractivity contribution is -0.156. The quantitative estimate of drug-likeness (QED) is 0.408. The summed E-state index contributed by atoms with van der Waals surface area (Å²) in [5.41, 5.74) is -0.494. The molecule has 0 aliphatic heterocycles. The van der Waals surface area contributed by atoms with Gasteiger partial charge in [0.25, 0.3) is 10.1 Å². The number of hydrogen-bond acceptors (Lipinski definition) is 6. The Bertz CT molecular complexity index is 529. The van der Waals surface area contributed by atoms with Gasteiger partial charge in [-0.25, -0.2) is 4.79 Å². The molecule has 8 heteroatoms. The van der Waals surface area contributed by atoms with Crippen LogP contribution >= 0.6 is 0 Å². The van der Waals surface area contributed by atoms with E-state index in [9.17, 15) is 18.0 Å². The molecule has 126 valence electrons. The maximum atomic E-state index is 12.0. The first-order valence-electron chi connectivity index (χ1n) is 7.19. The minimum absolute atomic E-state index is 0.0309. The largest absolute Gasteiger partial charge is 0.464 e. The summed E-state index contributed by atoms with van der Waals surface area (Å²) in [6.07, 6.45) is 3.97. The first-order chi connectivity index (χ1) is 10.2. The highest BCUT2D eigenvalue weighted by Gasteiger charge is 2.36. The van der Waals surface area contributed by atoms with Crippen molar-refractivity contribution in [3.63, 3.8) is 0 Å². The van der Waals surface area contributed by atoms with Crippen LogP contribution in [-0.2, 0) is 29.2 Å². The molecule has 0 amide bonds. The van der Waals surface area contributed by atoms with E-state index in [1.165, 1.54) is 0 Å². The van der Waals surface area contributed by atoms with Crippen LogP contribution in [0.5, 0.6) is 0 Å².